The molecule has 1 aromatic carbocycles. The van der Waals surface area contributed by atoms with Crippen LogP contribution in [-0.2, 0) is 9.47 Å². The Balaban J connectivity index is 3.00. The minimum absolute atomic E-state index is 0.173. The number of carbonyl (C=O) groups excluding carboxylic acids is 2. The maximum absolute atomic E-state index is 11.8. The fourth-order valence-electron chi connectivity index (χ4n) is 1.42. The quantitative estimate of drug-likeness (QED) is 0.668. The van der Waals surface area contributed by atoms with Crippen LogP contribution in [0.25, 0.3) is 0 Å². The molecule has 0 unspecified atom stereocenters. The summed E-state index contributed by atoms with van der Waals surface area (Å²) in [6.45, 7) is 6.99. The monoisotopic (exact) mass is 265 g/mol. The summed E-state index contributed by atoms with van der Waals surface area (Å²) in [5, 5.41) is 0. The number of rotatable bonds is 4. The van der Waals surface area contributed by atoms with Gasteiger partial charge in [0, 0.05) is 5.69 Å². The van der Waals surface area contributed by atoms with E-state index >= 15 is 0 Å². The van der Waals surface area contributed by atoms with Gasteiger partial charge in [-0.1, -0.05) is 0 Å². The second-order valence-corrected chi connectivity index (χ2v) is 4.71. The Kier molecular flexibility index (Phi) is 4.92. The van der Waals surface area contributed by atoms with E-state index in [-0.39, 0.29) is 29.0 Å². The summed E-state index contributed by atoms with van der Waals surface area (Å²) in [5.74, 6) is -1.04. The first-order valence-corrected chi connectivity index (χ1v) is 6.12. The summed E-state index contributed by atoms with van der Waals surface area (Å²) in [6, 6.07) is 4.41. The van der Waals surface area contributed by atoms with Gasteiger partial charge in [-0.15, -0.1) is 0 Å². The van der Waals surface area contributed by atoms with Gasteiger partial charge in [-0.25, -0.2) is 9.59 Å². The molecule has 19 heavy (non-hydrogen) atoms. The number of anilines is 1. The lowest BCUT2D eigenvalue weighted by Crippen LogP contribution is -2.16. The van der Waals surface area contributed by atoms with E-state index in [0.717, 1.165) is 0 Å². The Morgan fingerprint density at radius 2 is 1.53 bits per heavy atom. The van der Waals surface area contributed by atoms with Crippen LogP contribution in [0.15, 0.2) is 18.2 Å². The third-order valence-electron chi connectivity index (χ3n) is 2.19. The summed E-state index contributed by atoms with van der Waals surface area (Å²) in [4.78, 5) is 23.6. The highest BCUT2D eigenvalue weighted by Gasteiger charge is 2.17. The van der Waals surface area contributed by atoms with Crippen LogP contribution in [0.4, 0.5) is 5.69 Å². The van der Waals surface area contributed by atoms with E-state index in [1.807, 2.05) is 0 Å². The van der Waals surface area contributed by atoms with E-state index in [2.05, 4.69) is 0 Å². The zero-order chi connectivity index (χ0) is 14.6. The number of hydrogen-bond donors (Lipinski definition) is 1. The predicted octanol–water partition coefficient (Wildman–Crippen LogP) is 2.40. The lowest BCUT2D eigenvalue weighted by Gasteiger charge is -2.12. The third-order valence-corrected chi connectivity index (χ3v) is 2.19. The van der Waals surface area contributed by atoms with Crippen molar-refractivity contribution in [1.82, 2.24) is 0 Å². The number of nitrogen functional groups attached to an aromatic ring is 1. The van der Waals surface area contributed by atoms with Crippen LogP contribution >= 0.6 is 0 Å². The fraction of sp³-hybridized carbons (Fsp3) is 0.429. The standard InChI is InChI=1S/C14H19NO4/c1-8(2)18-13(16)10-5-6-12(15)11(7-10)14(17)19-9(3)4/h5-9H,15H2,1-4H3. The van der Waals surface area contributed by atoms with Crippen LogP contribution < -0.4 is 5.73 Å². The molecular formula is C14H19NO4. The Labute approximate surface area is 112 Å². The molecule has 0 spiro atoms. The van der Waals surface area contributed by atoms with Gasteiger partial charge in [-0.3, -0.25) is 0 Å². The number of esters is 2. The lowest BCUT2D eigenvalue weighted by atomic mass is 10.1. The van der Waals surface area contributed by atoms with Gasteiger partial charge in [0.1, 0.15) is 0 Å². The molecule has 0 bridgehead atoms. The first-order chi connectivity index (χ1) is 8.81. The van der Waals surface area contributed by atoms with E-state index in [0.29, 0.717) is 0 Å². The number of carbonyl (C=O) groups is 2. The number of ether oxygens (including phenoxy) is 2. The average molecular weight is 265 g/mol. The zero-order valence-electron chi connectivity index (χ0n) is 11.6. The second kappa shape index (κ2) is 6.22. The van der Waals surface area contributed by atoms with Crippen molar-refractivity contribution in [3.63, 3.8) is 0 Å². The maximum atomic E-state index is 11.8. The first-order valence-electron chi connectivity index (χ1n) is 6.12. The summed E-state index contributed by atoms with van der Waals surface area (Å²) in [5.41, 5.74) is 6.43. The fourth-order valence-corrected chi connectivity index (χ4v) is 1.42. The summed E-state index contributed by atoms with van der Waals surface area (Å²) in [7, 11) is 0. The lowest BCUT2D eigenvalue weighted by molar-refractivity contribution is 0.0378. The maximum Gasteiger partial charge on any atom is 0.340 e. The summed E-state index contributed by atoms with van der Waals surface area (Å²) < 4.78 is 10.1. The molecule has 1 aromatic rings. The Morgan fingerprint density at radius 1 is 1.00 bits per heavy atom. The van der Waals surface area contributed by atoms with Gasteiger partial charge in [0.05, 0.1) is 23.3 Å². The molecule has 0 fully saturated rings. The van der Waals surface area contributed by atoms with Crippen molar-refractivity contribution < 1.29 is 19.1 Å². The Bertz CT molecular complexity index is 480. The van der Waals surface area contributed by atoms with Crippen molar-refractivity contribution >= 4 is 17.6 Å². The molecule has 0 aliphatic carbocycles. The van der Waals surface area contributed by atoms with Crippen LogP contribution in [0.3, 0.4) is 0 Å². The first kappa shape index (κ1) is 15.0. The van der Waals surface area contributed by atoms with Gasteiger partial charge in [-0.05, 0) is 45.9 Å². The average Bonchev–Trinajstić information content (AvgIpc) is 2.27. The van der Waals surface area contributed by atoms with Gasteiger partial charge in [0.25, 0.3) is 0 Å². The van der Waals surface area contributed by atoms with Crippen molar-refractivity contribution in [3.8, 4) is 0 Å². The molecule has 5 nitrogen and oxygen atoms in total. The second-order valence-electron chi connectivity index (χ2n) is 4.71. The molecule has 0 amide bonds. The van der Waals surface area contributed by atoms with Crippen molar-refractivity contribution in [2.24, 2.45) is 0 Å². The molecule has 0 aliphatic heterocycles. The number of hydrogen-bond acceptors (Lipinski definition) is 5. The van der Waals surface area contributed by atoms with Crippen molar-refractivity contribution in [2.75, 3.05) is 5.73 Å². The molecule has 104 valence electrons. The minimum Gasteiger partial charge on any atom is -0.459 e. The van der Waals surface area contributed by atoms with E-state index in [1.165, 1.54) is 18.2 Å². The van der Waals surface area contributed by atoms with Crippen LogP contribution in [0.2, 0.25) is 0 Å². The number of nitrogens with two attached hydrogens (primary N) is 1. The molecule has 0 saturated carbocycles. The van der Waals surface area contributed by atoms with Crippen LogP contribution in [0.1, 0.15) is 48.4 Å². The van der Waals surface area contributed by atoms with E-state index in [9.17, 15) is 9.59 Å². The van der Waals surface area contributed by atoms with Crippen molar-refractivity contribution in [1.29, 1.82) is 0 Å². The Hall–Kier alpha value is -2.04. The van der Waals surface area contributed by atoms with Crippen LogP contribution in [0, 0.1) is 0 Å². The van der Waals surface area contributed by atoms with Crippen molar-refractivity contribution in [2.45, 2.75) is 39.9 Å². The van der Waals surface area contributed by atoms with E-state index < -0.39 is 11.9 Å². The Morgan fingerprint density at radius 3 is 2.05 bits per heavy atom. The van der Waals surface area contributed by atoms with E-state index in [1.54, 1.807) is 27.7 Å². The largest absolute Gasteiger partial charge is 0.459 e. The van der Waals surface area contributed by atoms with Gasteiger partial charge < -0.3 is 15.2 Å². The SMILES string of the molecule is CC(C)OC(=O)c1ccc(N)c(C(=O)OC(C)C)c1. The van der Waals surface area contributed by atoms with Crippen LogP contribution in [-0.4, -0.2) is 24.1 Å². The molecule has 0 aliphatic rings. The summed E-state index contributed by atoms with van der Waals surface area (Å²) in [6.07, 6.45) is -0.478. The van der Waals surface area contributed by atoms with Gasteiger partial charge in [0.15, 0.2) is 0 Å². The van der Waals surface area contributed by atoms with Crippen LogP contribution in [0.5, 0.6) is 0 Å². The molecule has 1 rings (SSSR count). The zero-order valence-corrected chi connectivity index (χ0v) is 11.6. The highest BCUT2D eigenvalue weighted by atomic mass is 16.5. The topological polar surface area (TPSA) is 78.6 Å². The van der Waals surface area contributed by atoms with Crippen molar-refractivity contribution in [3.05, 3.63) is 29.3 Å². The van der Waals surface area contributed by atoms with Gasteiger partial charge in [-0.2, -0.15) is 0 Å². The molecular weight excluding hydrogens is 246 g/mol. The predicted molar refractivity (Wildman–Crippen MR) is 72.0 cm³/mol. The molecule has 0 atom stereocenters. The molecule has 2 N–H and O–H groups in total. The number of benzene rings is 1. The molecule has 0 aromatic heterocycles. The van der Waals surface area contributed by atoms with E-state index in [4.69, 9.17) is 15.2 Å². The summed E-state index contributed by atoms with van der Waals surface area (Å²) >= 11 is 0. The normalized spacial score (nSPS) is 10.6. The third kappa shape index (κ3) is 4.28. The molecule has 0 radical (unpaired) electrons. The molecule has 0 heterocycles. The molecule has 0 saturated heterocycles. The minimum atomic E-state index is -0.549. The van der Waals surface area contributed by atoms with Gasteiger partial charge >= 0.3 is 11.9 Å². The van der Waals surface area contributed by atoms with Gasteiger partial charge in [0.2, 0.25) is 0 Å². The molecule has 5 heteroatoms. The highest BCUT2D eigenvalue weighted by molar-refractivity contribution is 5.99. The smallest absolute Gasteiger partial charge is 0.340 e. The highest BCUT2D eigenvalue weighted by Crippen LogP contribution is 2.17.